The molecular formula is C26H32N6O4S. The van der Waals surface area contributed by atoms with Crippen LogP contribution in [0.2, 0.25) is 0 Å². The molecule has 3 aromatic rings. The quantitative estimate of drug-likeness (QED) is 0.474. The van der Waals surface area contributed by atoms with Gasteiger partial charge in [-0.1, -0.05) is 13.0 Å². The van der Waals surface area contributed by atoms with Gasteiger partial charge in [-0.05, 0) is 70.4 Å². The molecular weight excluding hydrogens is 492 g/mol. The van der Waals surface area contributed by atoms with Crippen LogP contribution in [0.1, 0.15) is 51.4 Å². The van der Waals surface area contributed by atoms with Crippen molar-refractivity contribution in [3.8, 4) is 17.1 Å². The second kappa shape index (κ2) is 9.97. The van der Waals surface area contributed by atoms with E-state index in [0.29, 0.717) is 29.9 Å². The Labute approximate surface area is 217 Å². The molecule has 11 heteroatoms. The molecule has 37 heavy (non-hydrogen) atoms. The summed E-state index contributed by atoms with van der Waals surface area (Å²) in [5, 5.41) is -0.337. The molecule has 1 amide bonds. The molecule has 3 aromatic heterocycles. The van der Waals surface area contributed by atoms with E-state index in [-0.39, 0.29) is 28.1 Å². The molecule has 4 heterocycles. The van der Waals surface area contributed by atoms with E-state index in [1.165, 1.54) is 18.2 Å². The number of carbonyl (C=O) groups is 1. The maximum Gasteiger partial charge on any atom is 0.281 e. The predicted molar refractivity (Wildman–Crippen MR) is 142 cm³/mol. The lowest BCUT2D eigenvalue weighted by Crippen LogP contribution is -2.43. The molecule has 1 aliphatic heterocycles. The largest absolute Gasteiger partial charge is 0.475 e. The topological polar surface area (TPSA) is 140 Å². The van der Waals surface area contributed by atoms with Gasteiger partial charge in [0.1, 0.15) is 11.6 Å². The minimum atomic E-state index is -4.25. The van der Waals surface area contributed by atoms with E-state index in [4.69, 9.17) is 15.5 Å². The van der Waals surface area contributed by atoms with Gasteiger partial charge in [0.05, 0.1) is 17.4 Å². The average Bonchev–Trinajstić information content (AvgIpc) is 3.10. The second-order valence-electron chi connectivity index (χ2n) is 9.95. The highest BCUT2D eigenvalue weighted by molar-refractivity contribution is 7.90. The van der Waals surface area contributed by atoms with E-state index in [0.717, 1.165) is 12.0 Å². The van der Waals surface area contributed by atoms with E-state index >= 15 is 0 Å². The van der Waals surface area contributed by atoms with Crippen LogP contribution in [0.4, 0.5) is 11.6 Å². The highest BCUT2D eigenvalue weighted by Gasteiger charge is 2.41. The van der Waals surface area contributed by atoms with Gasteiger partial charge >= 0.3 is 0 Å². The van der Waals surface area contributed by atoms with Crippen LogP contribution in [0, 0.1) is 5.92 Å². The number of carbonyl (C=O) groups excluding carboxylic acids is 1. The number of nitrogens with zero attached hydrogens (tertiary/aromatic N) is 4. The Morgan fingerprint density at radius 3 is 2.59 bits per heavy atom. The van der Waals surface area contributed by atoms with Crippen LogP contribution in [-0.2, 0) is 10.0 Å². The van der Waals surface area contributed by atoms with Crippen molar-refractivity contribution in [2.24, 2.45) is 5.92 Å². The molecule has 4 rings (SSSR count). The molecule has 0 spiro atoms. The molecule has 196 valence electrons. The number of aromatic nitrogens is 3. The van der Waals surface area contributed by atoms with Crippen molar-refractivity contribution in [3.63, 3.8) is 0 Å². The third-order valence-corrected chi connectivity index (χ3v) is 7.93. The van der Waals surface area contributed by atoms with Gasteiger partial charge in [0.2, 0.25) is 5.88 Å². The number of nitrogens with two attached hydrogens (primary N) is 1. The van der Waals surface area contributed by atoms with Crippen molar-refractivity contribution in [3.05, 3.63) is 54.2 Å². The summed E-state index contributed by atoms with van der Waals surface area (Å²) in [5.74, 6) is 0.443. The Bertz CT molecular complexity index is 1420. The zero-order valence-corrected chi connectivity index (χ0v) is 22.4. The lowest BCUT2D eigenvalue weighted by atomic mass is 9.90. The van der Waals surface area contributed by atoms with E-state index in [1.54, 1.807) is 24.4 Å². The zero-order valence-electron chi connectivity index (χ0n) is 21.6. The monoisotopic (exact) mass is 524 g/mol. The molecule has 1 fully saturated rings. The summed E-state index contributed by atoms with van der Waals surface area (Å²) in [6.07, 6.45) is 2.51. The Balaban J connectivity index is 1.76. The van der Waals surface area contributed by atoms with Gasteiger partial charge < -0.3 is 15.4 Å². The highest BCUT2D eigenvalue weighted by atomic mass is 32.2. The third-order valence-electron chi connectivity index (χ3n) is 6.70. The van der Waals surface area contributed by atoms with Crippen molar-refractivity contribution >= 4 is 27.6 Å². The summed E-state index contributed by atoms with van der Waals surface area (Å²) in [5.41, 5.74) is 6.85. The van der Waals surface area contributed by atoms with Gasteiger partial charge in [-0.2, -0.15) is 8.42 Å². The van der Waals surface area contributed by atoms with Gasteiger partial charge in [0.25, 0.3) is 15.9 Å². The minimum Gasteiger partial charge on any atom is -0.475 e. The van der Waals surface area contributed by atoms with Crippen molar-refractivity contribution in [2.75, 3.05) is 17.2 Å². The molecule has 1 atom stereocenters. The summed E-state index contributed by atoms with van der Waals surface area (Å²) in [6, 6.07) is 11.1. The number of ether oxygens (including phenoxy) is 1. The molecule has 0 aromatic carbocycles. The van der Waals surface area contributed by atoms with Crippen LogP contribution >= 0.6 is 0 Å². The highest BCUT2D eigenvalue weighted by Crippen LogP contribution is 2.39. The number of nitrogens with one attached hydrogen (secondary N) is 1. The maximum absolute atomic E-state index is 13.4. The lowest BCUT2D eigenvalue weighted by molar-refractivity contribution is 0.0981. The third kappa shape index (κ3) is 5.51. The molecule has 3 N–H and O–H groups in total. The van der Waals surface area contributed by atoms with Gasteiger partial charge in [-0.25, -0.2) is 19.7 Å². The number of nitrogen functional groups attached to an aromatic ring is 1. The van der Waals surface area contributed by atoms with Crippen molar-refractivity contribution < 1.29 is 17.9 Å². The minimum absolute atomic E-state index is 0.0352. The van der Waals surface area contributed by atoms with Gasteiger partial charge in [0.15, 0.2) is 5.03 Å². The number of pyridine rings is 3. The summed E-state index contributed by atoms with van der Waals surface area (Å²) < 4.78 is 33.6. The number of anilines is 2. The summed E-state index contributed by atoms with van der Waals surface area (Å²) >= 11 is 0. The molecule has 0 radical (unpaired) electrons. The van der Waals surface area contributed by atoms with Crippen molar-refractivity contribution in [1.29, 1.82) is 0 Å². The second-order valence-corrected chi connectivity index (χ2v) is 11.6. The predicted octanol–water partition coefficient (Wildman–Crippen LogP) is 3.65. The van der Waals surface area contributed by atoms with E-state index in [2.05, 4.69) is 40.4 Å². The molecule has 0 saturated carbocycles. The Hall–Kier alpha value is -3.73. The summed E-state index contributed by atoms with van der Waals surface area (Å²) in [6.45, 7) is 10.8. The first kappa shape index (κ1) is 26.3. The first-order valence-electron chi connectivity index (χ1n) is 12.1. The average molecular weight is 525 g/mol. The van der Waals surface area contributed by atoms with E-state index in [1.807, 2.05) is 19.9 Å². The Morgan fingerprint density at radius 2 is 1.95 bits per heavy atom. The van der Waals surface area contributed by atoms with E-state index < -0.39 is 15.9 Å². The number of hydrogen-bond donors (Lipinski definition) is 2. The van der Waals surface area contributed by atoms with Crippen LogP contribution < -0.4 is 20.1 Å². The standard InChI is InChI=1S/C26H32N6O4S/c1-16(2)36-22-15-18(11-13-28-22)20-10-9-19(24(29-20)32-14-12-17(3)26(32,4)5)25(33)31-37(34,35)23-8-6-7-21(27)30-23/h6-11,13,15-17H,12,14H2,1-5H3,(H2,27,30)(H,31,33). The number of amides is 1. The van der Waals surface area contributed by atoms with Crippen molar-refractivity contribution in [1.82, 2.24) is 19.7 Å². The van der Waals surface area contributed by atoms with Crippen molar-refractivity contribution in [2.45, 2.75) is 57.7 Å². The number of rotatable bonds is 7. The molecule has 1 saturated heterocycles. The Morgan fingerprint density at radius 1 is 1.19 bits per heavy atom. The zero-order chi connectivity index (χ0) is 27.0. The molecule has 0 bridgehead atoms. The normalized spacial score (nSPS) is 17.1. The van der Waals surface area contributed by atoms with Gasteiger partial charge in [0, 0.05) is 29.9 Å². The molecule has 1 unspecified atom stereocenters. The van der Waals surface area contributed by atoms with Crippen LogP contribution in [0.25, 0.3) is 11.3 Å². The lowest BCUT2D eigenvalue weighted by Gasteiger charge is -2.36. The summed E-state index contributed by atoms with van der Waals surface area (Å²) in [4.78, 5) is 28.4. The Kier molecular flexibility index (Phi) is 7.09. The van der Waals surface area contributed by atoms with Gasteiger partial charge in [-0.3, -0.25) is 4.79 Å². The first-order chi connectivity index (χ1) is 17.4. The molecule has 1 aliphatic rings. The van der Waals surface area contributed by atoms with Crippen LogP contribution in [-0.4, -0.2) is 47.5 Å². The fraction of sp³-hybridized carbons (Fsp3) is 0.385. The smallest absolute Gasteiger partial charge is 0.281 e. The SMILES string of the molecule is CC(C)Oc1cc(-c2ccc(C(=O)NS(=O)(=O)c3cccc(N)n3)c(N3CCC(C)C3(C)C)n2)ccn1. The molecule has 10 nitrogen and oxygen atoms in total. The van der Waals surface area contributed by atoms with Crippen LogP contribution in [0.5, 0.6) is 5.88 Å². The fourth-order valence-electron chi connectivity index (χ4n) is 4.29. The first-order valence-corrected chi connectivity index (χ1v) is 13.6. The van der Waals surface area contributed by atoms with Crippen LogP contribution in [0.3, 0.4) is 0 Å². The van der Waals surface area contributed by atoms with E-state index in [9.17, 15) is 13.2 Å². The maximum atomic E-state index is 13.4. The number of sulfonamides is 1. The van der Waals surface area contributed by atoms with Gasteiger partial charge in [-0.15, -0.1) is 0 Å². The molecule has 0 aliphatic carbocycles. The summed E-state index contributed by atoms with van der Waals surface area (Å²) in [7, 11) is -4.25. The fourth-order valence-corrected chi connectivity index (χ4v) is 5.23. The van der Waals surface area contributed by atoms with Crippen LogP contribution in [0.15, 0.2) is 53.7 Å². The number of hydrogen-bond acceptors (Lipinski definition) is 9.